The zero-order valence-corrected chi connectivity index (χ0v) is 14.5. The zero-order valence-electron chi connectivity index (χ0n) is 13.6. The molecule has 0 unspecified atom stereocenters. The normalized spacial score (nSPS) is 16.8. The Morgan fingerprint density at radius 2 is 1.80 bits per heavy atom. The maximum absolute atomic E-state index is 12.6. The largest absolute Gasteiger partial charge is 0.405 e. The Hall–Kier alpha value is -1.65. The van der Waals surface area contributed by atoms with E-state index in [2.05, 4.69) is 5.32 Å². The van der Waals surface area contributed by atoms with Crippen molar-refractivity contribution in [1.29, 1.82) is 0 Å². The van der Waals surface area contributed by atoms with E-state index in [0.717, 1.165) is 13.1 Å². The molecular formula is C15H20F3N3O3S. The van der Waals surface area contributed by atoms with Gasteiger partial charge in [-0.2, -0.15) is 17.5 Å². The van der Waals surface area contributed by atoms with E-state index in [4.69, 9.17) is 0 Å². The second kappa shape index (κ2) is 7.71. The predicted octanol–water partition coefficient (Wildman–Crippen LogP) is 1.35. The van der Waals surface area contributed by atoms with Gasteiger partial charge in [0.05, 0.1) is 4.90 Å². The molecule has 1 saturated heterocycles. The fraction of sp³-hybridized carbons (Fsp3) is 0.533. The van der Waals surface area contributed by atoms with Gasteiger partial charge in [0.2, 0.25) is 10.0 Å². The first-order valence-corrected chi connectivity index (χ1v) is 9.19. The number of carbonyl (C=O) groups is 1. The van der Waals surface area contributed by atoms with Crippen LogP contribution in [-0.4, -0.2) is 57.5 Å². The monoisotopic (exact) mass is 379 g/mol. The molecule has 0 spiro atoms. The van der Waals surface area contributed by atoms with Crippen molar-refractivity contribution in [1.82, 2.24) is 14.9 Å². The SMILES string of the molecule is CN(C1CCNCC1)S(=O)(=O)c1ccc(C(=O)NCC(F)(F)F)cc1. The van der Waals surface area contributed by atoms with E-state index in [1.165, 1.54) is 35.6 Å². The van der Waals surface area contributed by atoms with E-state index >= 15 is 0 Å². The van der Waals surface area contributed by atoms with Crippen molar-refractivity contribution in [3.05, 3.63) is 29.8 Å². The standard InChI is InChI=1S/C15H20F3N3O3S/c1-21(12-6-8-19-9-7-12)25(23,24)13-4-2-11(3-5-13)14(22)20-10-15(16,17)18/h2-5,12,19H,6-10H2,1H3,(H,20,22). The summed E-state index contributed by atoms with van der Waals surface area (Å²) in [6, 6.07) is 4.76. The van der Waals surface area contributed by atoms with Gasteiger partial charge in [-0.25, -0.2) is 8.42 Å². The molecular weight excluding hydrogens is 359 g/mol. The lowest BCUT2D eigenvalue weighted by molar-refractivity contribution is -0.123. The smallest absolute Gasteiger partial charge is 0.343 e. The second-order valence-electron chi connectivity index (χ2n) is 5.82. The average Bonchev–Trinajstić information content (AvgIpc) is 2.59. The molecule has 140 valence electrons. The van der Waals surface area contributed by atoms with Crippen LogP contribution in [0.5, 0.6) is 0 Å². The van der Waals surface area contributed by atoms with Gasteiger partial charge in [-0.15, -0.1) is 0 Å². The Bertz CT molecular complexity index is 699. The highest BCUT2D eigenvalue weighted by molar-refractivity contribution is 7.89. The van der Waals surface area contributed by atoms with Crippen LogP contribution < -0.4 is 10.6 Å². The van der Waals surface area contributed by atoms with Gasteiger partial charge in [0, 0.05) is 18.7 Å². The summed E-state index contributed by atoms with van der Waals surface area (Å²) < 4.78 is 62.9. The van der Waals surface area contributed by atoms with Crippen molar-refractivity contribution < 1.29 is 26.4 Å². The summed E-state index contributed by atoms with van der Waals surface area (Å²) in [5.74, 6) is -0.909. The number of amides is 1. The van der Waals surface area contributed by atoms with Crippen molar-refractivity contribution in [3.8, 4) is 0 Å². The molecule has 0 saturated carbocycles. The molecule has 1 fully saturated rings. The van der Waals surface area contributed by atoms with E-state index in [1.54, 1.807) is 5.32 Å². The minimum absolute atomic E-state index is 0.000837. The highest BCUT2D eigenvalue weighted by Gasteiger charge is 2.30. The van der Waals surface area contributed by atoms with Crippen LogP contribution in [0.1, 0.15) is 23.2 Å². The summed E-state index contributed by atoms with van der Waals surface area (Å²) in [7, 11) is -2.21. The molecule has 25 heavy (non-hydrogen) atoms. The zero-order chi connectivity index (χ0) is 18.7. The third-order valence-electron chi connectivity index (χ3n) is 4.07. The molecule has 2 N–H and O–H groups in total. The first-order valence-electron chi connectivity index (χ1n) is 7.75. The Morgan fingerprint density at radius 1 is 1.24 bits per heavy atom. The van der Waals surface area contributed by atoms with E-state index in [1.807, 2.05) is 0 Å². The predicted molar refractivity (Wildman–Crippen MR) is 85.7 cm³/mol. The third kappa shape index (κ3) is 5.16. The summed E-state index contributed by atoms with van der Waals surface area (Å²) in [4.78, 5) is 11.7. The van der Waals surface area contributed by atoms with E-state index in [0.29, 0.717) is 12.8 Å². The molecule has 1 heterocycles. The number of sulfonamides is 1. The topological polar surface area (TPSA) is 78.5 Å². The van der Waals surface area contributed by atoms with Crippen LogP contribution in [0.3, 0.4) is 0 Å². The van der Waals surface area contributed by atoms with Crippen molar-refractivity contribution in [3.63, 3.8) is 0 Å². The fourth-order valence-electron chi connectivity index (χ4n) is 2.59. The first-order chi connectivity index (χ1) is 11.6. The van der Waals surface area contributed by atoms with Gasteiger partial charge in [-0.3, -0.25) is 4.79 Å². The van der Waals surface area contributed by atoms with Gasteiger partial charge < -0.3 is 10.6 Å². The quantitative estimate of drug-likeness (QED) is 0.810. The van der Waals surface area contributed by atoms with Gasteiger partial charge in [0.15, 0.2) is 0 Å². The van der Waals surface area contributed by atoms with E-state index in [-0.39, 0.29) is 16.5 Å². The number of rotatable bonds is 5. The molecule has 2 rings (SSSR count). The van der Waals surface area contributed by atoms with Gasteiger partial charge in [-0.1, -0.05) is 0 Å². The Labute approximate surface area is 144 Å². The fourth-order valence-corrected chi connectivity index (χ4v) is 4.01. The Balaban J connectivity index is 2.08. The van der Waals surface area contributed by atoms with Gasteiger partial charge in [0.1, 0.15) is 6.54 Å². The summed E-state index contributed by atoms with van der Waals surface area (Å²) in [5.41, 5.74) is -0.0345. The van der Waals surface area contributed by atoms with Crippen LogP contribution in [-0.2, 0) is 10.0 Å². The lowest BCUT2D eigenvalue weighted by atomic mass is 10.1. The number of piperidine rings is 1. The number of hydrogen-bond donors (Lipinski definition) is 2. The van der Waals surface area contributed by atoms with Crippen molar-refractivity contribution in [2.45, 2.75) is 30.0 Å². The van der Waals surface area contributed by atoms with Crippen molar-refractivity contribution in [2.24, 2.45) is 0 Å². The molecule has 1 amide bonds. The second-order valence-corrected chi connectivity index (χ2v) is 7.82. The van der Waals surface area contributed by atoms with Crippen LogP contribution in [0.2, 0.25) is 0 Å². The lowest BCUT2D eigenvalue weighted by Gasteiger charge is -2.30. The van der Waals surface area contributed by atoms with Crippen molar-refractivity contribution in [2.75, 3.05) is 26.7 Å². The maximum atomic E-state index is 12.6. The Morgan fingerprint density at radius 3 is 2.32 bits per heavy atom. The summed E-state index contributed by atoms with van der Waals surface area (Å²) in [6.45, 7) is 0.0377. The third-order valence-corrected chi connectivity index (χ3v) is 5.99. The molecule has 0 aromatic heterocycles. The number of nitrogens with one attached hydrogen (secondary N) is 2. The molecule has 1 aromatic rings. The molecule has 0 radical (unpaired) electrons. The molecule has 10 heteroatoms. The number of halogens is 3. The number of hydrogen-bond acceptors (Lipinski definition) is 4. The lowest BCUT2D eigenvalue weighted by Crippen LogP contribution is -2.43. The van der Waals surface area contributed by atoms with Crippen LogP contribution in [0, 0.1) is 0 Å². The van der Waals surface area contributed by atoms with E-state index < -0.39 is 28.7 Å². The van der Waals surface area contributed by atoms with E-state index in [9.17, 15) is 26.4 Å². The highest BCUT2D eigenvalue weighted by atomic mass is 32.2. The number of alkyl halides is 3. The minimum Gasteiger partial charge on any atom is -0.343 e. The molecule has 0 aliphatic carbocycles. The molecule has 1 aliphatic heterocycles. The summed E-state index contributed by atoms with van der Waals surface area (Å²) >= 11 is 0. The molecule has 6 nitrogen and oxygen atoms in total. The number of nitrogens with zero attached hydrogens (tertiary/aromatic N) is 1. The maximum Gasteiger partial charge on any atom is 0.405 e. The first kappa shape index (κ1) is 19.7. The molecule has 1 aliphatic rings. The molecule has 0 atom stereocenters. The van der Waals surface area contributed by atoms with Gasteiger partial charge >= 0.3 is 6.18 Å². The molecule has 0 bridgehead atoms. The summed E-state index contributed by atoms with van der Waals surface area (Å²) in [6.07, 6.45) is -3.10. The number of carbonyl (C=O) groups excluding carboxylic acids is 1. The summed E-state index contributed by atoms with van der Waals surface area (Å²) in [5, 5.41) is 4.90. The molecule has 1 aromatic carbocycles. The number of benzene rings is 1. The van der Waals surface area contributed by atoms with Crippen LogP contribution >= 0.6 is 0 Å². The average molecular weight is 379 g/mol. The minimum atomic E-state index is -4.50. The van der Waals surface area contributed by atoms with Gasteiger partial charge in [0.25, 0.3) is 5.91 Å². The van der Waals surface area contributed by atoms with Crippen molar-refractivity contribution >= 4 is 15.9 Å². The van der Waals surface area contributed by atoms with Crippen LogP contribution in [0.4, 0.5) is 13.2 Å². The van der Waals surface area contributed by atoms with Gasteiger partial charge in [-0.05, 0) is 50.2 Å². The Kier molecular flexibility index (Phi) is 6.07. The highest BCUT2D eigenvalue weighted by Crippen LogP contribution is 2.21. The van der Waals surface area contributed by atoms with Crippen LogP contribution in [0.25, 0.3) is 0 Å². The van der Waals surface area contributed by atoms with Crippen LogP contribution in [0.15, 0.2) is 29.2 Å².